The highest BCUT2D eigenvalue weighted by Crippen LogP contribution is 2.37. The van der Waals surface area contributed by atoms with Crippen molar-refractivity contribution in [2.24, 2.45) is 0 Å². The SMILES string of the molecule is CCC1CCCc2[nH]c(C=C3C(=O)Nc4ccc(CCC(=O)O)cc43)cc21. The van der Waals surface area contributed by atoms with Crippen molar-refractivity contribution >= 4 is 29.2 Å². The first kappa shape index (κ1) is 17.6. The van der Waals surface area contributed by atoms with Crippen molar-refractivity contribution in [2.45, 2.75) is 51.4 Å². The Morgan fingerprint density at radius 3 is 2.96 bits per heavy atom. The van der Waals surface area contributed by atoms with E-state index < -0.39 is 5.97 Å². The lowest BCUT2D eigenvalue weighted by Crippen LogP contribution is -2.07. The van der Waals surface area contributed by atoms with Crippen molar-refractivity contribution < 1.29 is 14.7 Å². The fourth-order valence-electron chi connectivity index (χ4n) is 4.23. The van der Waals surface area contributed by atoms with Crippen molar-refractivity contribution in [2.75, 3.05) is 5.32 Å². The van der Waals surface area contributed by atoms with E-state index in [2.05, 4.69) is 23.3 Å². The Kier molecular flexibility index (Phi) is 4.60. The van der Waals surface area contributed by atoms with Crippen LogP contribution >= 0.6 is 0 Å². The van der Waals surface area contributed by atoms with Gasteiger partial charge in [-0.3, -0.25) is 9.59 Å². The highest BCUT2D eigenvalue weighted by atomic mass is 16.4. The number of benzene rings is 1. The van der Waals surface area contributed by atoms with Gasteiger partial charge in [0.05, 0.1) is 5.57 Å². The van der Waals surface area contributed by atoms with Gasteiger partial charge in [0.25, 0.3) is 5.91 Å². The van der Waals surface area contributed by atoms with E-state index in [-0.39, 0.29) is 12.3 Å². The molecule has 1 aliphatic heterocycles. The number of nitrogens with one attached hydrogen (secondary N) is 2. The number of carbonyl (C=O) groups excluding carboxylic acids is 1. The maximum absolute atomic E-state index is 12.5. The molecular formula is C22H24N2O3. The largest absolute Gasteiger partial charge is 0.481 e. The molecule has 0 saturated carbocycles. The molecule has 0 saturated heterocycles. The van der Waals surface area contributed by atoms with Gasteiger partial charge in [0.2, 0.25) is 0 Å². The van der Waals surface area contributed by atoms with E-state index in [1.165, 1.54) is 24.1 Å². The number of aromatic amines is 1. The average molecular weight is 364 g/mol. The van der Waals surface area contributed by atoms with Crippen LogP contribution in [0.3, 0.4) is 0 Å². The van der Waals surface area contributed by atoms with Gasteiger partial charge in [-0.1, -0.05) is 13.0 Å². The van der Waals surface area contributed by atoms with Gasteiger partial charge in [-0.15, -0.1) is 0 Å². The summed E-state index contributed by atoms with van der Waals surface area (Å²) in [6.45, 7) is 2.23. The number of aliphatic carboxylic acids is 1. The first-order valence-corrected chi connectivity index (χ1v) is 9.65. The van der Waals surface area contributed by atoms with Crippen LogP contribution in [0.5, 0.6) is 0 Å². The summed E-state index contributed by atoms with van der Waals surface area (Å²) in [5.74, 6) is -0.327. The normalized spacial score (nSPS) is 19.7. The molecule has 4 rings (SSSR count). The van der Waals surface area contributed by atoms with Gasteiger partial charge in [0, 0.05) is 29.1 Å². The second-order valence-corrected chi connectivity index (χ2v) is 7.44. The highest BCUT2D eigenvalue weighted by Gasteiger charge is 2.26. The van der Waals surface area contributed by atoms with Crippen LogP contribution in [0.4, 0.5) is 5.69 Å². The molecule has 0 radical (unpaired) electrons. The van der Waals surface area contributed by atoms with E-state index in [1.807, 2.05) is 24.3 Å². The number of anilines is 1. The lowest BCUT2D eigenvalue weighted by atomic mass is 9.85. The summed E-state index contributed by atoms with van der Waals surface area (Å²) in [6, 6.07) is 7.86. The Labute approximate surface area is 158 Å². The van der Waals surface area contributed by atoms with E-state index in [4.69, 9.17) is 5.11 Å². The number of carboxylic acids is 1. The van der Waals surface area contributed by atoms with Gasteiger partial charge in [-0.2, -0.15) is 0 Å². The molecule has 27 heavy (non-hydrogen) atoms. The fraction of sp³-hybridized carbons (Fsp3) is 0.364. The number of hydrogen-bond acceptors (Lipinski definition) is 2. The lowest BCUT2D eigenvalue weighted by molar-refractivity contribution is -0.137. The van der Waals surface area contributed by atoms with Crippen LogP contribution in [0, 0.1) is 0 Å². The zero-order valence-electron chi connectivity index (χ0n) is 15.5. The van der Waals surface area contributed by atoms with Gasteiger partial charge in [-0.05, 0) is 73.4 Å². The maximum Gasteiger partial charge on any atom is 0.303 e. The van der Waals surface area contributed by atoms with Crippen molar-refractivity contribution in [3.05, 3.63) is 52.3 Å². The van der Waals surface area contributed by atoms with Gasteiger partial charge in [0.1, 0.15) is 0 Å². The summed E-state index contributed by atoms with van der Waals surface area (Å²) in [5.41, 5.74) is 6.85. The smallest absolute Gasteiger partial charge is 0.303 e. The van der Waals surface area contributed by atoms with E-state index >= 15 is 0 Å². The van der Waals surface area contributed by atoms with E-state index in [1.54, 1.807) is 0 Å². The molecule has 0 bridgehead atoms. The van der Waals surface area contributed by atoms with Crippen molar-refractivity contribution in [1.82, 2.24) is 4.98 Å². The summed E-state index contributed by atoms with van der Waals surface area (Å²) < 4.78 is 0. The zero-order chi connectivity index (χ0) is 19.0. The molecule has 1 amide bonds. The molecule has 2 heterocycles. The monoisotopic (exact) mass is 364 g/mol. The molecular weight excluding hydrogens is 340 g/mol. The molecule has 5 nitrogen and oxygen atoms in total. The summed E-state index contributed by atoms with van der Waals surface area (Å²) in [4.78, 5) is 26.8. The predicted octanol–water partition coefficient (Wildman–Crippen LogP) is 4.35. The van der Waals surface area contributed by atoms with Gasteiger partial charge >= 0.3 is 5.97 Å². The summed E-state index contributed by atoms with van der Waals surface area (Å²) in [5, 5.41) is 11.8. The molecule has 140 valence electrons. The summed E-state index contributed by atoms with van der Waals surface area (Å²) in [6.07, 6.45) is 7.10. The third-order valence-electron chi connectivity index (χ3n) is 5.66. The van der Waals surface area contributed by atoms with Gasteiger partial charge in [0.15, 0.2) is 0 Å². The van der Waals surface area contributed by atoms with Crippen LogP contribution < -0.4 is 5.32 Å². The minimum Gasteiger partial charge on any atom is -0.481 e. The molecule has 3 N–H and O–H groups in total. The maximum atomic E-state index is 12.5. The fourth-order valence-corrected chi connectivity index (χ4v) is 4.23. The van der Waals surface area contributed by atoms with Crippen molar-refractivity contribution in [3.8, 4) is 0 Å². The van der Waals surface area contributed by atoms with Crippen LogP contribution in [0.1, 0.15) is 66.6 Å². The first-order valence-electron chi connectivity index (χ1n) is 9.65. The Balaban J connectivity index is 1.67. The average Bonchev–Trinajstić information content (AvgIpc) is 3.20. The van der Waals surface area contributed by atoms with E-state index in [9.17, 15) is 9.59 Å². The molecule has 2 aromatic rings. The van der Waals surface area contributed by atoms with E-state index in [0.717, 1.165) is 35.3 Å². The number of rotatable bonds is 5. The first-order chi connectivity index (χ1) is 13.0. The number of H-pyrrole nitrogens is 1. The second kappa shape index (κ2) is 7.06. The number of fused-ring (bicyclic) bond motifs is 2. The second-order valence-electron chi connectivity index (χ2n) is 7.44. The van der Waals surface area contributed by atoms with Crippen molar-refractivity contribution in [3.63, 3.8) is 0 Å². The molecule has 0 fully saturated rings. The Morgan fingerprint density at radius 2 is 2.19 bits per heavy atom. The van der Waals surface area contributed by atoms with Crippen LogP contribution in [-0.4, -0.2) is 22.0 Å². The van der Waals surface area contributed by atoms with Crippen LogP contribution in [0.2, 0.25) is 0 Å². The minimum absolute atomic E-state index is 0.0843. The summed E-state index contributed by atoms with van der Waals surface area (Å²) >= 11 is 0. The van der Waals surface area contributed by atoms with Crippen LogP contribution in [0.25, 0.3) is 11.6 Å². The number of aryl methyl sites for hydroxylation is 2. The minimum atomic E-state index is -0.817. The third kappa shape index (κ3) is 3.42. The quantitative estimate of drug-likeness (QED) is 0.690. The molecule has 0 spiro atoms. The predicted molar refractivity (Wildman–Crippen MR) is 106 cm³/mol. The Hall–Kier alpha value is -2.82. The Morgan fingerprint density at radius 1 is 1.33 bits per heavy atom. The molecule has 1 aromatic carbocycles. The topological polar surface area (TPSA) is 82.2 Å². The molecule has 1 atom stereocenters. The zero-order valence-corrected chi connectivity index (χ0v) is 15.5. The van der Waals surface area contributed by atoms with Gasteiger partial charge < -0.3 is 15.4 Å². The van der Waals surface area contributed by atoms with Crippen LogP contribution in [-0.2, 0) is 22.4 Å². The molecule has 1 unspecified atom stereocenters. The number of amides is 1. The molecule has 1 aliphatic carbocycles. The Bertz CT molecular complexity index is 939. The molecule has 5 heteroatoms. The van der Waals surface area contributed by atoms with Gasteiger partial charge in [-0.25, -0.2) is 0 Å². The lowest BCUT2D eigenvalue weighted by Gasteiger charge is -2.20. The third-order valence-corrected chi connectivity index (χ3v) is 5.66. The number of hydrogen-bond donors (Lipinski definition) is 3. The van der Waals surface area contributed by atoms with E-state index in [0.29, 0.717) is 17.9 Å². The number of carbonyl (C=O) groups is 2. The number of carboxylic acid groups (broad SMARTS) is 1. The number of aromatic nitrogens is 1. The standard InChI is InChI=1S/C22H24N2O3/c1-2-14-4-3-5-19-16(14)11-15(23-19)12-18-17-10-13(7-9-21(25)26)6-8-20(17)24-22(18)27/h6,8,10-12,14,23H,2-5,7,9H2,1H3,(H,24,27)(H,25,26). The summed E-state index contributed by atoms with van der Waals surface area (Å²) in [7, 11) is 0. The highest BCUT2D eigenvalue weighted by molar-refractivity contribution is 6.34. The molecule has 2 aliphatic rings. The van der Waals surface area contributed by atoms with Crippen molar-refractivity contribution in [1.29, 1.82) is 0 Å². The molecule has 1 aromatic heterocycles. The van der Waals surface area contributed by atoms with Crippen LogP contribution in [0.15, 0.2) is 24.3 Å².